The molecule has 1 saturated heterocycles. The number of ether oxygens (including phenoxy) is 1. The van der Waals surface area contributed by atoms with Gasteiger partial charge in [0.1, 0.15) is 22.9 Å². The second-order valence-electron chi connectivity index (χ2n) is 10.4. The molecule has 0 saturated carbocycles. The van der Waals surface area contributed by atoms with Crippen LogP contribution >= 0.6 is 0 Å². The van der Waals surface area contributed by atoms with Crippen molar-refractivity contribution in [2.75, 3.05) is 41.6 Å². The predicted octanol–water partition coefficient (Wildman–Crippen LogP) is 6.09. The summed E-state index contributed by atoms with van der Waals surface area (Å²) in [4.78, 5) is 20.8. The first kappa shape index (κ1) is 31.1. The highest BCUT2D eigenvalue weighted by molar-refractivity contribution is 7.92. The number of carbonyl (C=O) groups excluding carboxylic acids is 1. The van der Waals surface area contributed by atoms with Crippen molar-refractivity contribution >= 4 is 38.7 Å². The zero-order chi connectivity index (χ0) is 29.8. The largest absolute Gasteiger partial charge is 0.444 e. The molecular formula is C28H41F2N5O4S. The lowest BCUT2D eigenvalue weighted by Gasteiger charge is -2.36. The Morgan fingerprint density at radius 1 is 1.10 bits per heavy atom. The molecule has 0 atom stereocenters. The molecule has 0 radical (unpaired) electrons. The molecule has 1 amide bonds. The van der Waals surface area contributed by atoms with Gasteiger partial charge in [-0.3, -0.25) is 4.72 Å². The van der Waals surface area contributed by atoms with Crippen molar-refractivity contribution in [2.24, 2.45) is 0 Å². The van der Waals surface area contributed by atoms with E-state index < -0.39 is 27.3 Å². The van der Waals surface area contributed by atoms with Crippen molar-refractivity contribution in [1.82, 2.24) is 14.5 Å². The lowest BCUT2D eigenvalue weighted by molar-refractivity contribution is 0.0240. The molecule has 1 N–H and O–H groups in total. The van der Waals surface area contributed by atoms with Crippen LogP contribution in [-0.4, -0.2) is 66.5 Å². The molecule has 1 fully saturated rings. The van der Waals surface area contributed by atoms with Crippen LogP contribution in [0.4, 0.5) is 25.1 Å². The van der Waals surface area contributed by atoms with Gasteiger partial charge in [0.25, 0.3) is 0 Å². The average Bonchev–Trinajstić information content (AvgIpc) is 3.21. The average molecular weight is 582 g/mol. The van der Waals surface area contributed by atoms with Gasteiger partial charge in [0.15, 0.2) is 5.82 Å². The molecule has 1 aliphatic rings. The van der Waals surface area contributed by atoms with E-state index in [0.29, 0.717) is 55.0 Å². The third-order valence-corrected chi connectivity index (χ3v) is 7.59. The van der Waals surface area contributed by atoms with Gasteiger partial charge in [-0.15, -0.1) is 0 Å². The van der Waals surface area contributed by atoms with Gasteiger partial charge in [-0.25, -0.2) is 27.0 Å². The number of amides is 1. The predicted molar refractivity (Wildman–Crippen MR) is 157 cm³/mol. The molecule has 0 aliphatic carbocycles. The van der Waals surface area contributed by atoms with Gasteiger partial charge >= 0.3 is 6.09 Å². The molecule has 1 aliphatic heterocycles. The maximum Gasteiger partial charge on any atom is 0.410 e. The Hall–Kier alpha value is -3.41. The van der Waals surface area contributed by atoms with Crippen LogP contribution in [0.1, 0.15) is 55.0 Å². The number of benzene rings is 1. The Morgan fingerprint density at radius 2 is 1.75 bits per heavy atom. The molecule has 4 rings (SSSR count). The highest BCUT2D eigenvalue weighted by atomic mass is 32.2. The first-order chi connectivity index (χ1) is 18.8. The number of piperazine rings is 1. The number of pyridine rings is 1. The van der Waals surface area contributed by atoms with E-state index in [4.69, 9.17) is 9.72 Å². The Morgan fingerprint density at radius 3 is 2.35 bits per heavy atom. The minimum Gasteiger partial charge on any atom is -0.444 e. The fourth-order valence-electron chi connectivity index (χ4n) is 4.38. The first-order valence-electron chi connectivity index (χ1n) is 13.5. The fraction of sp³-hybridized carbons (Fsp3) is 0.500. The number of sulfonamides is 1. The normalized spacial score (nSPS) is 14.1. The van der Waals surface area contributed by atoms with Gasteiger partial charge in [-0.1, -0.05) is 20.8 Å². The molecule has 0 spiro atoms. The molecule has 3 aromatic rings. The smallest absolute Gasteiger partial charge is 0.410 e. The quantitative estimate of drug-likeness (QED) is 0.378. The van der Waals surface area contributed by atoms with E-state index in [1.54, 1.807) is 37.1 Å². The first-order valence-corrected chi connectivity index (χ1v) is 15.2. The number of carbonyl (C=O) groups is 1. The van der Waals surface area contributed by atoms with E-state index in [9.17, 15) is 17.6 Å². The van der Waals surface area contributed by atoms with Crippen molar-refractivity contribution in [1.29, 1.82) is 0 Å². The number of aromatic nitrogens is 2. The second-order valence-corrected chi connectivity index (χ2v) is 12.2. The summed E-state index contributed by atoms with van der Waals surface area (Å²) >= 11 is 0. The lowest BCUT2D eigenvalue weighted by atomic mass is 10.2. The van der Waals surface area contributed by atoms with Gasteiger partial charge in [0.05, 0.1) is 22.5 Å². The summed E-state index contributed by atoms with van der Waals surface area (Å²) in [6.07, 6.45) is 1.58. The number of hydrogen-bond acceptors (Lipinski definition) is 6. The van der Waals surface area contributed by atoms with Crippen LogP contribution < -0.4 is 9.62 Å². The molecule has 9 nitrogen and oxygen atoms in total. The zero-order valence-corrected chi connectivity index (χ0v) is 25.0. The Labute approximate surface area is 236 Å². The standard InChI is InChI=1S/C26H33F2N5O4S.C2H6.H2/c1-6-15-38(35,36)30-19-8-7-18(27)24(22(19)28)33-16-17(2)23-20(33)9-10-21(29-23)31-11-13-32(14-12-31)25(34)37-26(3,4)5;1-2;/h7-10,16,30H,6,11-15H2,1-5H3;1-2H3;1H. The van der Waals surface area contributed by atoms with Gasteiger partial charge in [-0.2, -0.15) is 0 Å². The Kier molecular flexibility index (Phi) is 9.65. The zero-order valence-electron chi connectivity index (χ0n) is 24.2. The molecule has 1 aromatic carbocycles. The van der Waals surface area contributed by atoms with Crippen LogP contribution in [0.2, 0.25) is 0 Å². The van der Waals surface area contributed by atoms with Crippen LogP contribution in [-0.2, 0) is 14.8 Å². The number of halogens is 2. The minimum atomic E-state index is -3.76. The molecule has 40 heavy (non-hydrogen) atoms. The molecule has 222 valence electrons. The number of fused-ring (bicyclic) bond motifs is 1. The van der Waals surface area contributed by atoms with Gasteiger partial charge in [0, 0.05) is 33.8 Å². The molecule has 12 heteroatoms. The van der Waals surface area contributed by atoms with Crippen LogP contribution in [0.15, 0.2) is 30.5 Å². The molecule has 0 bridgehead atoms. The molecular weight excluding hydrogens is 540 g/mol. The highest BCUT2D eigenvalue weighted by Gasteiger charge is 2.27. The van der Waals surface area contributed by atoms with Crippen molar-refractivity contribution < 1.29 is 28.2 Å². The summed E-state index contributed by atoms with van der Waals surface area (Å²) < 4.78 is 63.7. The topological polar surface area (TPSA) is 96.8 Å². The Balaban J connectivity index is 0.00000192. The summed E-state index contributed by atoms with van der Waals surface area (Å²) in [6.45, 7) is 15.0. The van der Waals surface area contributed by atoms with Crippen LogP contribution in [0, 0.1) is 18.6 Å². The van der Waals surface area contributed by atoms with Crippen molar-refractivity contribution in [3.63, 3.8) is 0 Å². The maximum absolute atomic E-state index is 15.4. The van der Waals surface area contributed by atoms with E-state index in [0.717, 1.165) is 12.1 Å². The van der Waals surface area contributed by atoms with Crippen LogP contribution in [0.5, 0.6) is 0 Å². The number of nitrogens with one attached hydrogen (secondary N) is 1. The number of anilines is 2. The second kappa shape index (κ2) is 12.4. The fourth-order valence-corrected chi connectivity index (χ4v) is 5.52. The van der Waals surface area contributed by atoms with Crippen molar-refractivity contribution in [3.8, 4) is 5.69 Å². The molecule has 2 aromatic heterocycles. The third kappa shape index (κ3) is 7.01. The summed E-state index contributed by atoms with van der Waals surface area (Å²) in [5.74, 6) is -1.34. The molecule has 0 unspecified atom stereocenters. The molecule has 3 heterocycles. The van der Waals surface area contributed by atoms with E-state index in [2.05, 4.69) is 4.72 Å². The van der Waals surface area contributed by atoms with E-state index in [1.165, 1.54) is 4.57 Å². The summed E-state index contributed by atoms with van der Waals surface area (Å²) in [7, 11) is -3.76. The van der Waals surface area contributed by atoms with Crippen molar-refractivity contribution in [3.05, 3.63) is 47.7 Å². The SMILES string of the molecule is CC.CCCS(=O)(=O)Nc1ccc(F)c(-n2cc(C)c3nc(N4CCN(C(=O)OC(C)(C)C)CC4)ccc32)c1F.[HH]. The maximum atomic E-state index is 15.4. The monoisotopic (exact) mass is 581 g/mol. The van der Waals surface area contributed by atoms with E-state index in [-0.39, 0.29) is 24.6 Å². The summed E-state index contributed by atoms with van der Waals surface area (Å²) in [5.41, 5.74) is 0.467. The number of hydrogen-bond donors (Lipinski definition) is 1. The van der Waals surface area contributed by atoms with Gasteiger partial charge < -0.3 is 19.1 Å². The van der Waals surface area contributed by atoms with Gasteiger partial charge in [0.2, 0.25) is 10.0 Å². The number of rotatable bonds is 6. The van der Waals surface area contributed by atoms with Crippen LogP contribution in [0.25, 0.3) is 16.7 Å². The summed E-state index contributed by atoms with van der Waals surface area (Å²) in [6, 6.07) is 5.62. The minimum absolute atomic E-state index is 0. The van der Waals surface area contributed by atoms with E-state index in [1.807, 2.05) is 39.5 Å². The number of nitrogens with zero attached hydrogens (tertiary/aromatic N) is 4. The van der Waals surface area contributed by atoms with E-state index >= 15 is 4.39 Å². The number of aryl methyl sites for hydroxylation is 1. The highest BCUT2D eigenvalue weighted by Crippen LogP contribution is 2.31. The Bertz CT molecular complexity index is 1470. The van der Waals surface area contributed by atoms with Crippen LogP contribution in [0.3, 0.4) is 0 Å². The van der Waals surface area contributed by atoms with Gasteiger partial charge in [-0.05, 0) is 63.9 Å². The van der Waals surface area contributed by atoms with Crippen molar-refractivity contribution in [2.45, 2.75) is 60.5 Å². The summed E-state index contributed by atoms with van der Waals surface area (Å²) in [5, 5.41) is 0. The third-order valence-electron chi connectivity index (χ3n) is 6.12. The lowest BCUT2D eigenvalue weighted by Crippen LogP contribution is -2.50.